The molecule has 0 aliphatic carbocycles. The average Bonchev–Trinajstić information content (AvgIpc) is 1.99. The Hall–Kier alpha value is 0.144. The minimum Gasteiger partial charge on any atom is -0.427 e. The maximum Gasteiger partial charge on any atom is 0.118 e. The summed E-state index contributed by atoms with van der Waals surface area (Å²) in [5.74, 6) is 0.777. The van der Waals surface area contributed by atoms with Crippen LogP contribution in [0.4, 0.5) is 0 Å². The Morgan fingerprint density at radius 1 is 1.31 bits per heavy atom. The molecule has 13 heavy (non-hydrogen) atoms. The van der Waals surface area contributed by atoms with Gasteiger partial charge in [-0.25, -0.2) is 0 Å². The van der Waals surface area contributed by atoms with Gasteiger partial charge >= 0.3 is 0 Å². The van der Waals surface area contributed by atoms with Crippen LogP contribution in [-0.2, 0) is 39.1 Å². The van der Waals surface area contributed by atoms with E-state index in [0.717, 1.165) is 30.1 Å². The number of hydrogen-bond acceptors (Lipinski definition) is 3. The van der Waals surface area contributed by atoms with E-state index in [-0.39, 0.29) is 39.3 Å². The Labute approximate surface area is 104 Å². The number of aromatic nitrogens is 2. The summed E-state index contributed by atoms with van der Waals surface area (Å²) < 4.78 is 0. The van der Waals surface area contributed by atoms with Crippen LogP contribution in [0.15, 0.2) is 0 Å². The van der Waals surface area contributed by atoms with Crippen molar-refractivity contribution in [1.82, 2.24) is 9.97 Å². The molecule has 0 spiro atoms. The molecule has 0 atom stereocenters. The van der Waals surface area contributed by atoms with Gasteiger partial charge in [-0.3, -0.25) is 9.97 Å². The Morgan fingerprint density at radius 2 is 2.00 bits per heavy atom. The molecule has 0 aromatic carbocycles. The van der Waals surface area contributed by atoms with E-state index in [2.05, 4.69) is 16.0 Å². The molecule has 0 fully saturated rings. The van der Waals surface area contributed by atoms with E-state index in [1.165, 1.54) is 0 Å². The first-order chi connectivity index (χ1) is 5.72. The van der Waals surface area contributed by atoms with Crippen molar-refractivity contribution in [2.75, 3.05) is 6.61 Å². The molecule has 0 bridgehead atoms. The van der Waals surface area contributed by atoms with Gasteiger partial charge in [0.1, 0.15) is 5.82 Å². The summed E-state index contributed by atoms with van der Waals surface area (Å²) in [6, 6.07) is 3.05. The maximum atomic E-state index is 8.61. The first-order valence-electron chi connectivity index (χ1n) is 4.06. The van der Waals surface area contributed by atoms with Crippen molar-refractivity contribution in [2.45, 2.75) is 26.7 Å². The predicted molar refractivity (Wildman–Crippen MR) is 45.7 cm³/mol. The molecule has 0 saturated heterocycles. The second-order valence-corrected chi connectivity index (χ2v) is 2.76. The van der Waals surface area contributed by atoms with Gasteiger partial charge in [0, 0.05) is 39.3 Å². The van der Waals surface area contributed by atoms with Crippen LogP contribution in [0.5, 0.6) is 0 Å². The Balaban J connectivity index is 0.00000144. The summed E-state index contributed by atoms with van der Waals surface area (Å²) >= 11 is 0. The van der Waals surface area contributed by atoms with Crippen molar-refractivity contribution in [2.24, 2.45) is 0 Å². The molecule has 0 aliphatic heterocycles. The number of hydrogen-bond donors (Lipinski definition) is 1. The SMILES string of the molecule is Cc1[c-]c(CCCO)nc(C)n1.[Y]. The fourth-order valence-electron chi connectivity index (χ4n) is 1.09. The van der Waals surface area contributed by atoms with E-state index >= 15 is 0 Å². The number of aliphatic hydroxyl groups is 1. The predicted octanol–water partition coefficient (Wildman–Crippen LogP) is 0.816. The quantitative estimate of drug-likeness (QED) is 0.812. The molecule has 1 heterocycles. The number of aryl methyl sites for hydroxylation is 3. The number of rotatable bonds is 3. The van der Waals surface area contributed by atoms with Gasteiger partial charge in [-0.2, -0.15) is 0 Å². The first kappa shape index (κ1) is 13.1. The molecule has 69 valence electrons. The van der Waals surface area contributed by atoms with Crippen LogP contribution in [0, 0.1) is 19.9 Å². The molecular formula is C9H13N2OY-. The molecular weight excluding hydrogens is 241 g/mol. The summed E-state index contributed by atoms with van der Waals surface area (Å²) in [6.07, 6.45) is 1.52. The van der Waals surface area contributed by atoms with Gasteiger partial charge in [0.25, 0.3) is 0 Å². The zero-order valence-electron chi connectivity index (χ0n) is 8.04. The van der Waals surface area contributed by atoms with Crippen LogP contribution in [0.1, 0.15) is 23.6 Å². The topological polar surface area (TPSA) is 46.0 Å². The van der Waals surface area contributed by atoms with Crippen LogP contribution < -0.4 is 0 Å². The van der Waals surface area contributed by atoms with Crippen LogP contribution in [-0.4, -0.2) is 21.7 Å². The molecule has 1 N–H and O–H groups in total. The largest absolute Gasteiger partial charge is 0.427 e. The fraction of sp³-hybridized carbons (Fsp3) is 0.556. The number of nitrogens with zero attached hydrogens (tertiary/aromatic N) is 2. The average molecular weight is 254 g/mol. The van der Waals surface area contributed by atoms with Crippen molar-refractivity contribution in [1.29, 1.82) is 0 Å². The van der Waals surface area contributed by atoms with Crippen LogP contribution in [0.2, 0.25) is 0 Å². The standard InChI is InChI=1S/C9H13N2O.Y/c1-7-6-9(4-3-5-12)11-8(2)10-7;/h12H,3-5H2,1-2H3;/q-1;. The minimum absolute atomic E-state index is 0. The van der Waals surface area contributed by atoms with Crippen molar-refractivity contribution in [3.05, 3.63) is 23.3 Å². The molecule has 0 aliphatic rings. The molecule has 0 saturated carbocycles. The van der Waals surface area contributed by atoms with Gasteiger partial charge in [0.05, 0.1) is 0 Å². The molecule has 4 heteroatoms. The Morgan fingerprint density at radius 3 is 2.54 bits per heavy atom. The molecule has 0 amide bonds. The summed E-state index contributed by atoms with van der Waals surface area (Å²) in [4.78, 5) is 8.31. The summed E-state index contributed by atoms with van der Waals surface area (Å²) in [5.41, 5.74) is 1.77. The zero-order chi connectivity index (χ0) is 8.97. The number of aliphatic hydroxyl groups excluding tert-OH is 1. The maximum absolute atomic E-state index is 8.61. The third kappa shape index (κ3) is 4.79. The Bertz CT molecular complexity index is 246. The molecule has 1 rings (SSSR count). The van der Waals surface area contributed by atoms with Crippen molar-refractivity contribution >= 4 is 0 Å². The second kappa shape index (κ2) is 6.58. The molecule has 0 unspecified atom stereocenters. The van der Waals surface area contributed by atoms with Crippen molar-refractivity contribution in [3.8, 4) is 0 Å². The third-order valence-electron chi connectivity index (χ3n) is 1.52. The summed E-state index contributed by atoms with van der Waals surface area (Å²) in [7, 11) is 0. The summed E-state index contributed by atoms with van der Waals surface area (Å²) in [6.45, 7) is 3.97. The first-order valence-corrected chi connectivity index (χ1v) is 4.06. The van der Waals surface area contributed by atoms with Crippen molar-refractivity contribution in [3.63, 3.8) is 0 Å². The van der Waals surface area contributed by atoms with Crippen LogP contribution >= 0.6 is 0 Å². The normalized spacial score (nSPS) is 9.46. The van der Waals surface area contributed by atoms with E-state index in [9.17, 15) is 0 Å². The zero-order valence-corrected chi connectivity index (χ0v) is 10.9. The second-order valence-electron chi connectivity index (χ2n) is 2.76. The molecule has 3 nitrogen and oxygen atoms in total. The summed E-state index contributed by atoms with van der Waals surface area (Å²) in [5, 5.41) is 8.61. The monoisotopic (exact) mass is 254 g/mol. The molecule has 1 aromatic heterocycles. The fourth-order valence-corrected chi connectivity index (χ4v) is 1.09. The smallest absolute Gasteiger partial charge is 0.118 e. The van der Waals surface area contributed by atoms with Crippen LogP contribution in [0.25, 0.3) is 0 Å². The van der Waals surface area contributed by atoms with Crippen molar-refractivity contribution < 1.29 is 37.8 Å². The van der Waals surface area contributed by atoms with Gasteiger partial charge in [0.2, 0.25) is 0 Å². The van der Waals surface area contributed by atoms with Gasteiger partial charge in [-0.15, -0.1) is 11.4 Å². The van der Waals surface area contributed by atoms with Gasteiger partial charge in [-0.1, -0.05) is 6.92 Å². The van der Waals surface area contributed by atoms with Gasteiger partial charge < -0.3 is 11.2 Å². The minimum atomic E-state index is 0. The van der Waals surface area contributed by atoms with E-state index in [0.29, 0.717) is 0 Å². The van der Waals surface area contributed by atoms with Gasteiger partial charge in [-0.05, 0) is 19.8 Å². The molecule has 1 radical (unpaired) electrons. The Kier molecular flexibility index (Phi) is 6.65. The van der Waals surface area contributed by atoms with E-state index in [4.69, 9.17) is 5.11 Å². The van der Waals surface area contributed by atoms with E-state index in [1.54, 1.807) is 0 Å². The molecule has 1 aromatic rings. The van der Waals surface area contributed by atoms with Crippen LogP contribution in [0.3, 0.4) is 0 Å². The van der Waals surface area contributed by atoms with E-state index in [1.807, 2.05) is 13.8 Å². The van der Waals surface area contributed by atoms with E-state index < -0.39 is 0 Å². The third-order valence-corrected chi connectivity index (χ3v) is 1.52. The van der Waals surface area contributed by atoms with Gasteiger partial charge in [0.15, 0.2) is 0 Å².